The minimum absolute atomic E-state index is 0.0311. The molecule has 2 saturated heterocycles. The maximum atomic E-state index is 13.9. The molecular weight excluding hydrogens is 444 g/mol. The van der Waals surface area contributed by atoms with Crippen LogP contribution in [0.15, 0.2) is 121 Å². The lowest BCUT2D eigenvalue weighted by molar-refractivity contribution is -0.225. The van der Waals surface area contributed by atoms with Crippen LogP contribution in [0, 0.1) is 0 Å². The van der Waals surface area contributed by atoms with E-state index in [-0.39, 0.29) is 24.0 Å². The Morgan fingerprint density at radius 2 is 1.06 bits per heavy atom. The first kappa shape index (κ1) is 22.7. The zero-order valence-electron chi connectivity index (χ0n) is 20.2. The highest BCUT2D eigenvalue weighted by molar-refractivity contribution is 5.88. The molecule has 0 spiro atoms. The quantitative estimate of drug-likeness (QED) is 0.281. The third-order valence-corrected chi connectivity index (χ3v) is 7.40. The van der Waals surface area contributed by atoms with Gasteiger partial charge in [0.2, 0.25) is 0 Å². The second-order valence-corrected chi connectivity index (χ2v) is 9.57. The number of hydrogen-bond donors (Lipinski definition) is 0. The van der Waals surface area contributed by atoms with E-state index in [1.807, 2.05) is 65.7 Å². The fourth-order valence-corrected chi connectivity index (χ4v) is 5.68. The molecule has 1 amide bonds. The average molecular weight is 475 g/mol. The molecule has 2 fully saturated rings. The summed E-state index contributed by atoms with van der Waals surface area (Å²) in [5.41, 5.74) is 4.65. The van der Waals surface area contributed by atoms with Gasteiger partial charge in [-0.1, -0.05) is 121 Å². The lowest BCUT2D eigenvalue weighted by Crippen LogP contribution is -2.65. The van der Waals surface area contributed by atoms with Crippen molar-refractivity contribution in [3.8, 4) is 0 Å². The van der Waals surface area contributed by atoms with Gasteiger partial charge in [-0.15, -0.1) is 0 Å². The summed E-state index contributed by atoms with van der Waals surface area (Å²) < 4.78 is 6.30. The van der Waals surface area contributed by atoms with Crippen molar-refractivity contribution in [1.29, 1.82) is 0 Å². The molecule has 0 unspecified atom stereocenters. The first-order chi connectivity index (χ1) is 17.8. The van der Waals surface area contributed by atoms with Crippen LogP contribution in [0.3, 0.4) is 0 Å². The predicted molar refractivity (Wildman–Crippen MR) is 140 cm³/mol. The van der Waals surface area contributed by atoms with Crippen LogP contribution in [0.2, 0.25) is 0 Å². The normalized spacial score (nSPS) is 24.0. The first-order valence-electron chi connectivity index (χ1n) is 12.7. The Hall–Kier alpha value is -3.73. The molecule has 2 aliphatic rings. The number of benzene rings is 4. The highest BCUT2D eigenvalue weighted by atomic mass is 16.5. The molecule has 4 nitrogen and oxygen atoms in total. The van der Waals surface area contributed by atoms with Crippen LogP contribution < -0.4 is 0 Å². The molecule has 2 aliphatic heterocycles. The van der Waals surface area contributed by atoms with Gasteiger partial charge in [-0.2, -0.15) is 0 Å². The van der Waals surface area contributed by atoms with E-state index in [1.54, 1.807) is 0 Å². The monoisotopic (exact) mass is 474 g/mol. The molecule has 0 aromatic heterocycles. The highest BCUT2D eigenvalue weighted by Gasteiger charge is 2.56. The highest BCUT2D eigenvalue weighted by Crippen LogP contribution is 2.51. The second-order valence-electron chi connectivity index (χ2n) is 9.57. The molecule has 180 valence electrons. The van der Waals surface area contributed by atoms with Crippen molar-refractivity contribution in [2.75, 3.05) is 0 Å². The summed E-state index contributed by atoms with van der Waals surface area (Å²) in [6, 6.07) is 41.6. The molecule has 0 bridgehead atoms. The number of carbonyl (C=O) groups excluding carboxylic acids is 1. The zero-order valence-corrected chi connectivity index (χ0v) is 20.2. The van der Waals surface area contributed by atoms with Gasteiger partial charge in [-0.05, 0) is 35.1 Å². The van der Waals surface area contributed by atoms with E-state index >= 15 is 0 Å². The van der Waals surface area contributed by atoms with Gasteiger partial charge >= 0.3 is 0 Å². The van der Waals surface area contributed by atoms with Crippen molar-refractivity contribution in [3.05, 3.63) is 144 Å². The van der Waals surface area contributed by atoms with Crippen molar-refractivity contribution >= 4 is 5.91 Å². The van der Waals surface area contributed by atoms with Gasteiger partial charge in [0.05, 0.1) is 18.7 Å². The number of rotatable bonds is 7. The minimum atomic E-state index is -0.513. The van der Waals surface area contributed by atoms with Crippen LogP contribution in [0.25, 0.3) is 0 Å². The average Bonchev–Trinajstić information content (AvgIpc) is 3.38. The van der Waals surface area contributed by atoms with Crippen LogP contribution in [0.1, 0.15) is 53.2 Å². The van der Waals surface area contributed by atoms with E-state index in [0.29, 0.717) is 6.61 Å². The van der Waals surface area contributed by atoms with Crippen LogP contribution >= 0.6 is 0 Å². The maximum absolute atomic E-state index is 13.9. The topological polar surface area (TPSA) is 32.8 Å². The van der Waals surface area contributed by atoms with Crippen LogP contribution in [-0.2, 0) is 16.1 Å². The Bertz CT molecular complexity index is 1230. The number of ether oxygens (including phenoxy) is 1. The fraction of sp³-hybridized carbons (Fsp3) is 0.219. The third-order valence-electron chi connectivity index (χ3n) is 7.40. The summed E-state index contributed by atoms with van der Waals surface area (Å²) in [4.78, 5) is 13.9. The minimum Gasteiger partial charge on any atom is -0.361 e. The zero-order chi connectivity index (χ0) is 24.3. The summed E-state index contributed by atoms with van der Waals surface area (Å²) >= 11 is 0. The Morgan fingerprint density at radius 1 is 0.611 bits per heavy atom. The van der Waals surface area contributed by atoms with Gasteiger partial charge in [-0.25, -0.2) is 5.01 Å². The summed E-state index contributed by atoms with van der Waals surface area (Å²) in [7, 11) is 0. The molecule has 2 heterocycles. The molecule has 0 aliphatic carbocycles. The summed E-state index contributed by atoms with van der Waals surface area (Å²) in [6.45, 7) is 0.415. The van der Waals surface area contributed by atoms with E-state index in [0.717, 1.165) is 24.0 Å². The van der Waals surface area contributed by atoms with Gasteiger partial charge in [0.15, 0.2) is 6.10 Å². The number of hydrazine groups is 1. The van der Waals surface area contributed by atoms with E-state index < -0.39 is 6.10 Å². The molecular formula is C32H30N2O2. The molecule has 4 atom stereocenters. The fourth-order valence-electron chi connectivity index (χ4n) is 5.68. The molecule has 4 aromatic rings. The van der Waals surface area contributed by atoms with Crippen molar-refractivity contribution in [3.63, 3.8) is 0 Å². The molecule has 6 rings (SSSR count). The largest absolute Gasteiger partial charge is 0.361 e. The van der Waals surface area contributed by atoms with Gasteiger partial charge in [-0.3, -0.25) is 9.80 Å². The summed E-state index contributed by atoms with van der Waals surface area (Å²) in [5.74, 6) is 0.0311. The van der Waals surface area contributed by atoms with Crippen LogP contribution in [-0.4, -0.2) is 22.0 Å². The van der Waals surface area contributed by atoms with Crippen molar-refractivity contribution < 1.29 is 9.53 Å². The Labute approximate surface area is 212 Å². The number of β-lactam (4-membered cyclic amide) rings is 1. The van der Waals surface area contributed by atoms with Crippen molar-refractivity contribution in [2.24, 2.45) is 0 Å². The van der Waals surface area contributed by atoms with E-state index in [1.165, 1.54) is 11.1 Å². The van der Waals surface area contributed by atoms with Crippen LogP contribution in [0.5, 0.6) is 0 Å². The third kappa shape index (κ3) is 4.23. The molecule has 36 heavy (non-hydrogen) atoms. The number of nitrogens with zero attached hydrogens (tertiary/aromatic N) is 2. The second kappa shape index (κ2) is 10.1. The van der Waals surface area contributed by atoms with Crippen molar-refractivity contribution in [1.82, 2.24) is 10.0 Å². The van der Waals surface area contributed by atoms with E-state index in [9.17, 15) is 4.79 Å². The molecule has 0 radical (unpaired) electrons. The predicted octanol–water partition coefficient (Wildman–Crippen LogP) is 6.65. The van der Waals surface area contributed by atoms with Gasteiger partial charge in [0.25, 0.3) is 5.91 Å². The lowest BCUT2D eigenvalue weighted by atomic mass is 9.91. The molecule has 4 heteroatoms. The number of hydrogen-bond acceptors (Lipinski definition) is 3. The summed E-state index contributed by atoms with van der Waals surface area (Å²) in [5, 5.41) is 4.33. The van der Waals surface area contributed by atoms with Crippen molar-refractivity contribution in [2.45, 2.75) is 43.7 Å². The molecule has 0 saturated carbocycles. The van der Waals surface area contributed by atoms with E-state index in [2.05, 4.69) is 65.7 Å². The number of carbonyl (C=O) groups is 1. The standard InChI is InChI=1S/C32H30N2O2/c35-32-31(36-23-24-13-5-1-6-14-24)30(27-19-11-4-12-20-27)34(32)33-28(25-15-7-2-8-16-25)21-22-29(33)26-17-9-3-10-18-26/h1-20,28-31H,21-23H2/t28-,29-,30+,31-/m0/s1. The first-order valence-corrected chi connectivity index (χ1v) is 12.7. The van der Waals surface area contributed by atoms with E-state index in [4.69, 9.17) is 4.74 Å². The maximum Gasteiger partial charge on any atom is 0.269 e. The van der Waals surface area contributed by atoms with Gasteiger partial charge in [0.1, 0.15) is 6.04 Å². The SMILES string of the molecule is O=C1[C@@H](OCc2ccccc2)[C@@H](c2ccccc2)N1N1[C@H](c2ccccc2)CC[C@H]1c1ccccc1. The number of amides is 1. The Kier molecular flexibility index (Phi) is 6.37. The Morgan fingerprint density at radius 3 is 1.56 bits per heavy atom. The van der Waals surface area contributed by atoms with Gasteiger partial charge in [0, 0.05) is 0 Å². The lowest BCUT2D eigenvalue weighted by Gasteiger charge is -2.54. The Balaban J connectivity index is 1.37. The van der Waals surface area contributed by atoms with Gasteiger partial charge < -0.3 is 4.74 Å². The molecule has 4 aromatic carbocycles. The summed E-state index contributed by atoms with van der Waals surface area (Å²) in [6.07, 6.45) is 1.47. The van der Waals surface area contributed by atoms with Crippen LogP contribution in [0.4, 0.5) is 0 Å². The smallest absolute Gasteiger partial charge is 0.269 e. The molecule has 0 N–H and O–H groups in total.